The Balaban J connectivity index is 1.54. The topological polar surface area (TPSA) is 12.5 Å². The van der Waals surface area contributed by atoms with E-state index in [2.05, 4.69) is 32.9 Å². The SMILES string of the molecule is CC[C@H]1CC[C@H]2C3=CC=C4CC5OC5C[C@]4(C)[C@H]3CC[C@]12C. The standard InChI is InChI=1S/C21H30O/c1-4-13-6-8-16-15-7-5-14-11-18-19(22-18)12-21(14,3)17(15)9-10-20(13,16)2/h5,7,13,16-19H,4,6,8-12H2,1-3H3/t13-,16-,17-,18?,19?,20+,21-/m0/s1. The first-order chi connectivity index (χ1) is 10.6. The van der Waals surface area contributed by atoms with Crippen LogP contribution in [0.2, 0.25) is 0 Å². The van der Waals surface area contributed by atoms with Gasteiger partial charge in [0.15, 0.2) is 0 Å². The van der Waals surface area contributed by atoms with E-state index in [0.29, 0.717) is 23.0 Å². The highest BCUT2D eigenvalue weighted by molar-refractivity contribution is 5.40. The van der Waals surface area contributed by atoms with Crippen molar-refractivity contribution in [3.63, 3.8) is 0 Å². The molecule has 3 saturated carbocycles. The Hall–Kier alpha value is -0.560. The van der Waals surface area contributed by atoms with Crippen molar-refractivity contribution >= 4 is 0 Å². The molecule has 0 aromatic carbocycles. The van der Waals surface area contributed by atoms with E-state index in [1.807, 2.05) is 5.57 Å². The smallest absolute Gasteiger partial charge is 0.0879 e. The van der Waals surface area contributed by atoms with E-state index in [1.165, 1.54) is 44.9 Å². The van der Waals surface area contributed by atoms with Crippen LogP contribution in [-0.4, -0.2) is 12.2 Å². The Morgan fingerprint density at radius 1 is 1.09 bits per heavy atom. The molecule has 7 atom stereocenters. The molecule has 5 rings (SSSR count). The maximum Gasteiger partial charge on any atom is 0.0879 e. The minimum atomic E-state index is 0.410. The van der Waals surface area contributed by atoms with Crippen LogP contribution in [0.4, 0.5) is 0 Å². The summed E-state index contributed by atoms with van der Waals surface area (Å²) in [5, 5.41) is 0. The van der Waals surface area contributed by atoms with Crippen LogP contribution in [0.3, 0.4) is 0 Å². The van der Waals surface area contributed by atoms with Crippen molar-refractivity contribution in [1.82, 2.24) is 0 Å². The van der Waals surface area contributed by atoms with Crippen LogP contribution >= 0.6 is 0 Å². The van der Waals surface area contributed by atoms with Crippen LogP contribution < -0.4 is 0 Å². The van der Waals surface area contributed by atoms with Gasteiger partial charge in [0, 0.05) is 0 Å². The number of hydrogen-bond acceptors (Lipinski definition) is 1. The fourth-order valence-corrected chi connectivity index (χ4v) is 7.05. The van der Waals surface area contributed by atoms with Crippen LogP contribution in [0.15, 0.2) is 23.3 Å². The first-order valence-corrected chi connectivity index (χ1v) is 9.63. The minimum absolute atomic E-state index is 0.410. The average molecular weight is 298 g/mol. The second-order valence-electron chi connectivity index (χ2n) is 9.23. The van der Waals surface area contributed by atoms with Gasteiger partial charge in [0.2, 0.25) is 0 Å². The molecule has 1 aliphatic heterocycles. The molecule has 1 nitrogen and oxygen atoms in total. The van der Waals surface area contributed by atoms with Gasteiger partial charge in [-0.1, -0.05) is 50.5 Å². The summed E-state index contributed by atoms with van der Waals surface area (Å²) in [7, 11) is 0. The summed E-state index contributed by atoms with van der Waals surface area (Å²) in [6.07, 6.45) is 15.9. The molecule has 0 amide bonds. The summed E-state index contributed by atoms with van der Waals surface area (Å²) < 4.78 is 5.89. The van der Waals surface area contributed by atoms with Crippen molar-refractivity contribution in [2.75, 3.05) is 0 Å². The first kappa shape index (κ1) is 13.8. The van der Waals surface area contributed by atoms with Gasteiger partial charge in [0.25, 0.3) is 0 Å². The fraction of sp³-hybridized carbons (Fsp3) is 0.810. The second-order valence-corrected chi connectivity index (χ2v) is 9.23. The number of allylic oxidation sites excluding steroid dienone is 3. The van der Waals surface area contributed by atoms with Crippen LogP contribution in [0.1, 0.15) is 65.7 Å². The highest BCUT2D eigenvalue weighted by Crippen LogP contribution is 2.66. The molecule has 0 spiro atoms. The maximum absolute atomic E-state index is 5.89. The molecule has 120 valence electrons. The third-order valence-corrected chi connectivity index (χ3v) is 8.52. The number of fused-ring (bicyclic) bond motifs is 6. The van der Waals surface area contributed by atoms with Gasteiger partial charge >= 0.3 is 0 Å². The van der Waals surface area contributed by atoms with Crippen LogP contribution in [0, 0.1) is 28.6 Å². The lowest BCUT2D eigenvalue weighted by atomic mass is 9.50. The molecule has 0 N–H and O–H groups in total. The lowest BCUT2D eigenvalue weighted by Crippen LogP contribution is -2.45. The Labute approximate surface area is 135 Å². The molecule has 4 aliphatic carbocycles. The quantitative estimate of drug-likeness (QED) is 0.601. The van der Waals surface area contributed by atoms with Crippen LogP contribution in [0.5, 0.6) is 0 Å². The number of epoxide rings is 1. The Morgan fingerprint density at radius 3 is 2.77 bits per heavy atom. The zero-order valence-electron chi connectivity index (χ0n) is 14.4. The molecule has 2 unspecified atom stereocenters. The predicted molar refractivity (Wildman–Crippen MR) is 89.5 cm³/mol. The first-order valence-electron chi connectivity index (χ1n) is 9.63. The van der Waals surface area contributed by atoms with Gasteiger partial charge in [-0.15, -0.1) is 0 Å². The minimum Gasteiger partial charge on any atom is -0.369 e. The van der Waals surface area contributed by atoms with E-state index in [-0.39, 0.29) is 0 Å². The summed E-state index contributed by atoms with van der Waals surface area (Å²) in [4.78, 5) is 0. The molecule has 0 aromatic heterocycles. The molecule has 0 radical (unpaired) electrons. The van der Waals surface area contributed by atoms with E-state index in [9.17, 15) is 0 Å². The number of rotatable bonds is 1. The Bertz CT molecular complexity index is 572. The van der Waals surface area contributed by atoms with E-state index in [1.54, 1.807) is 5.57 Å². The highest BCUT2D eigenvalue weighted by Gasteiger charge is 2.59. The monoisotopic (exact) mass is 298 g/mol. The molecule has 4 fully saturated rings. The molecule has 22 heavy (non-hydrogen) atoms. The zero-order chi connectivity index (χ0) is 15.1. The van der Waals surface area contributed by atoms with Crippen molar-refractivity contribution in [3.8, 4) is 0 Å². The number of hydrogen-bond donors (Lipinski definition) is 0. The van der Waals surface area contributed by atoms with Gasteiger partial charge in [-0.2, -0.15) is 0 Å². The Morgan fingerprint density at radius 2 is 1.95 bits per heavy atom. The van der Waals surface area contributed by atoms with E-state index < -0.39 is 0 Å². The summed E-state index contributed by atoms with van der Waals surface area (Å²) in [6, 6.07) is 0. The molecular formula is C21H30O. The van der Waals surface area contributed by atoms with Crippen molar-refractivity contribution in [2.45, 2.75) is 77.9 Å². The van der Waals surface area contributed by atoms with Crippen molar-refractivity contribution in [1.29, 1.82) is 0 Å². The summed E-state index contributed by atoms with van der Waals surface area (Å²) in [6.45, 7) is 7.58. The lowest BCUT2D eigenvalue weighted by molar-refractivity contribution is 0.0696. The molecular weight excluding hydrogens is 268 g/mol. The maximum atomic E-state index is 5.89. The van der Waals surface area contributed by atoms with Crippen molar-refractivity contribution in [3.05, 3.63) is 23.3 Å². The highest BCUT2D eigenvalue weighted by atomic mass is 16.6. The fourth-order valence-electron chi connectivity index (χ4n) is 7.05. The largest absolute Gasteiger partial charge is 0.369 e. The predicted octanol–water partition coefficient (Wildman–Crippen LogP) is 5.27. The summed E-state index contributed by atoms with van der Waals surface area (Å²) >= 11 is 0. The normalized spacial score (nSPS) is 55.3. The van der Waals surface area contributed by atoms with E-state index >= 15 is 0 Å². The molecule has 5 aliphatic rings. The van der Waals surface area contributed by atoms with Crippen LogP contribution in [-0.2, 0) is 4.74 Å². The van der Waals surface area contributed by atoms with E-state index in [0.717, 1.165) is 17.8 Å². The van der Waals surface area contributed by atoms with Gasteiger partial charge in [-0.25, -0.2) is 0 Å². The molecule has 0 bridgehead atoms. The Kier molecular flexibility index (Phi) is 2.70. The molecule has 0 aromatic rings. The van der Waals surface area contributed by atoms with Crippen molar-refractivity contribution < 1.29 is 4.74 Å². The average Bonchev–Trinajstić information content (AvgIpc) is 3.14. The molecule has 1 heterocycles. The second kappa shape index (κ2) is 4.29. The number of ether oxygens (including phenoxy) is 1. The summed E-state index contributed by atoms with van der Waals surface area (Å²) in [5.74, 6) is 2.63. The van der Waals surface area contributed by atoms with Gasteiger partial charge in [0.1, 0.15) is 0 Å². The van der Waals surface area contributed by atoms with Crippen LogP contribution in [0.25, 0.3) is 0 Å². The van der Waals surface area contributed by atoms with Gasteiger partial charge in [-0.3, -0.25) is 0 Å². The van der Waals surface area contributed by atoms with Crippen molar-refractivity contribution in [2.24, 2.45) is 28.6 Å². The third kappa shape index (κ3) is 1.59. The van der Waals surface area contributed by atoms with Gasteiger partial charge in [0.05, 0.1) is 12.2 Å². The van der Waals surface area contributed by atoms with Gasteiger partial charge < -0.3 is 4.74 Å². The lowest BCUT2D eigenvalue weighted by Gasteiger charge is -2.53. The summed E-state index contributed by atoms with van der Waals surface area (Å²) in [5.41, 5.74) is 4.53. The van der Waals surface area contributed by atoms with E-state index in [4.69, 9.17) is 4.74 Å². The third-order valence-electron chi connectivity index (χ3n) is 8.52. The molecule has 1 saturated heterocycles. The zero-order valence-corrected chi connectivity index (χ0v) is 14.4. The molecule has 1 heteroatoms. The van der Waals surface area contributed by atoms with Gasteiger partial charge in [-0.05, 0) is 67.1 Å².